The molecule has 0 spiro atoms. The van der Waals surface area contributed by atoms with Gasteiger partial charge in [0.1, 0.15) is 0 Å². The number of nitrogens with two attached hydrogens (primary N) is 1. The summed E-state index contributed by atoms with van der Waals surface area (Å²) in [7, 11) is 4.56. The molecule has 144 valence electrons. The maximum atomic E-state index is 6.35. The minimum atomic E-state index is 0.486. The summed E-state index contributed by atoms with van der Waals surface area (Å²) >= 11 is 0. The lowest BCUT2D eigenvalue weighted by Gasteiger charge is -2.61. The maximum absolute atomic E-state index is 6.35. The zero-order chi connectivity index (χ0) is 18.0. The summed E-state index contributed by atoms with van der Waals surface area (Å²) in [5.74, 6) is 4.81. The molecule has 4 rings (SSSR count). The Balaban J connectivity index is 1.58. The molecule has 4 saturated carbocycles. The zero-order valence-corrected chi connectivity index (χ0v) is 17.4. The van der Waals surface area contributed by atoms with Crippen molar-refractivity contribution in [2.24, 2.45) is 46.2 Å². The molecule has 2 N–H and O–H groups in total. The summed E-state index contributed by atoms with van der Waals surface area (Å²) < 4.78 is 0. The molecule has 25 heavy (non-hydrogen) atoms. The smallest absolute Gasteiger partial charge is 0.00944 e. The zero-order valence-electron chi connectivity index (χ0n) is 17.4. The molecule has 9 atom stereocenters. The lowest BCUT2D eigenvalue weighted by Crippen LogP contribution is -2.55. The van der Waals surface area contributed by atoms with E-state index in [1.807, 2.05) is 0 Å². The van der Waals surface area contributed by atoms with Crippen LogP contribution in [0.4, 0.5) is 0 Å². The van der Waals surface area contributed by atoms with Crippen molar-refractivity contribution in [2.45, 2.75) is 90.6 Å². The van der Waals surface area contributed by atoms with Gasteiger partial charge in [-0.25, -0.2) is 0 Å². The lowest BCUT2D eigenvalue weighted by atomic mass is 9.44. The van der Waals surface area contributed by atoms with Crippen LogP contribution in [0.15, 0.2) is 0 Å². The van der Waals surface area contributed by atoms with E-state index in [9.17, 15) is 0 Å². The maximum Gasteiger partial charge on any atom is 0.00944 e. The molecule has 0 heterocycles. The molecular formula is C23H42N2. The van der Waals surface area contributed by atoms with E-state index in [1.165, 1.54) is 57.8 Å². The van der Waals surface area contributed by atoms with Gasteiger partial charge in [-0.3, -0.25) is 0 Å². The van der Waals surface area contributed by atoms with Crippen LogP contribution in [0.5, 0.6) is 0 Å². The predicted octanol–water partition coefficient (Wildman–Crippen LogP) is 4.92. The Morgan fingerprint density at radius 3 is 2.28 bits per heavy atom. The van der Waals surface area contributed by atoms with Crippen molar-refractivity contribution in [1.29, 1.82) is 0 Å². The highest BCUT2D eigenvalue weighted by molar-refractivity contribution is 5.10. The largest absolute Gasteiger partial charge is 0.328 e. The molecule has 4 fully saturated rings. The third-order valence-corrected chi connectivity index (χ3v) is 10.2. The fourth-order valence-corrected chi connectivity index (χ4v) is 8.48. The molecular weight excluding hydrogens is 304 g/mol. The summed E-state index contributed by atoms with van der Waals surface area (Å²) in [5, 5.41) is 0. The third kappa shape index (κ3) is 2.64. The Labute approximate surface area is 156 Å². The topological polar surface area (TPSA) is 29.3 Å². The average Bonchev–Trinajstić information content (AvgIpc) is 2.92. The molecule has 0 amide bonds. The van der Waals surface area contributed by atoms with Crippen molar-refractivity contribution in [1.82, 2.24) is 4.90 Å². The van der Waals surface area contributed by atoms with Gasteiger partial charge in [-0.15, -0.1) is 0 Å². The fourth-order valence-electron chi connectivity index (χ4n) is 8.48. The molecule has 0 unspecified atom stereocenters. The molecule has 2 heteroatoms. The van der Waals surface area contributed by atoms with Crippen LogP contribution in [-0.2, 0) is 0 Å². The van der Waals surface area contributed by atoms with Crippen molar-refractivity contribution in [3.05, 3.63) is 0 Å². The summed E-state index contributed by atoms with van der Waals surface area (Å²) in [6, 6.07) is 1.21. The van der Waals surface area contributed by atoms with E-state index in [0.717, 1.165) is 35.6 Å². The molecule has 4 aliphatic carbocycles. The van der Waals surface area contributed by atoms with E-state index in [1.54, 1.807) is 0 Å². The Kier molecular flexibility index (Phi) is 4.56. The molecule has 0 aromatic heterocycles. The standard InChI is InChI=1S/C23H42N2/c1-15(25(4)5)19-8-9-20-18-7-6-16-14-17(24)10-12-22(16,2)21(18)11-13-23(19,20)3/h15-21H,6-14,24H2,1-5H3/t15-,16+,17+,18+,19-,20+,21-,22+,23-/m1/s1. The number of hydrogen-bond donors (Lipinski definition) is 1. The van der Waals surface area contributed by atoms with Crippen LogP contribution in [0.3, 0.4) is 0 Å². The van der Waals surface area contributed by atoms with Crippen LogP contribution in [0, 0.1) is 40.4 Å². The number of nitrogens with zero attached hydrogens (tertiary/aromatic N) is 1. The highest BCUT2D eigenvalue weighted by Gasteiger charge is 2.60. The average molecular weight is 347 g/mol. The van der Waals surface area contributed by atoms with Crippen molar-refractivity contribution >= 4 is 0 Å². The summed E-state index contributed by atoms with van der Waals surface area (Å²) in [5.41, 5.74) is 7.55. The van der Waals surface area contributed by atoms with Gasteiger partial charge in [-0.1, -0.05) is 13.8 Å². The van der Waals surface area contributed by atoms with Gasteiger partial charge < -0.3 is 10.6 Å². The van der Waals surface area contributed by atoms with Gasteiger partial charge in [-0.2, -0.15) is 0 Å². The molecule has 0 radical (unpaired) electrons. The van der Waals surface area contributed by atoms with Crippen LogP contribution < -0.4 is 5.73 Å². The Morgan fingerprint density at radius 2 is 1.56 bits per heavy atom. The second-order valence-electron chi connectivity index (χ2n) is 11.1. The van der Waals surface area contributed by atoms with Gasteiger partial charge in [0, 0.05) is 12.1 Å². The van der Waals surface area contributed by atoms with Crippen LogP contribution >= 0.6 is 0 Å². The Hall–Kier alpha value is -0.0800. The first-order valence-electron chi connectivity index (χ1n) is 11.2. The normalized spacial score (nSPS) is 53.9. The third-order valence-electron chi connectivity index (χ3n) is 10.2. The monoisotopic (exact) mass is 346 g/mol. The van der Waals surface area contributed by atoms with Crippen LogP contribution in [0.2, 0.25) is 0 Å². The van der Waals surface area contributed by atoms with E-state index in [0.29, 0.717) is 16.9 Å². The Bertz CT molecular complexity index is 502. The quantitative estimate of drug-likeness (QED) is 0.768. The van der Waals surface area contributed by atoms with Crippen molar-refractivity contribution in [3.8, 4) is 0 Å². The number of hydrogen-bond acceptors (Lipinski definition) is 2. The number of rotatable bonds is 2. The first-order valence-corrected chi connectivity index (χ1v) is 11.2. The van der Waals surface area contributed by atoms with Gasteiger partial charge in [0.25, 0.3) is 0 Å². The Morgan fingerprint density at radius 1 is 0.880 bits per heavy atom. The molecule has 0 saturated heterocycles. The van der Waals surface area contributed by atoms with E-state index in [2.05, 4.69) is 39.8 Å². The molecule has 0 aromatic rings. The molecule has 0 aliphatic heterocycles. The molecule has 2 nitrogen and oxygen atoms in total. The van der Waals surface area contributed by atoms with E-state index < -0.39 is 0 Å². The van der Waals surface area contributed by atoms with Gasteiger partial charge >= 0.3 is 0 Å². The second kappa shape index (κ2) is 6.23. The van der Waals surface area contributed by atoms with Crippen molar-refractivity contribution in [3.63, 3.8) is 0 Å². The minimum absolute atomic E-state index is 0.486. The van der Waals surface area contributed by atoms with Crippen LogP contribution in [0.25, 0.3) is 0 Å². The first-order chi connectivity index (χ1) is 11.8. The minimum Gasteiger partial charge on any atom is -0.328 e. The van der Waals surface area contributed by atoms with Crippen LogP contribution in [-0.4, -0.2) is 31.1 Å². The number of fused-ring (bicyclic) bond motifs is 5. The lowest BCUT2D eigenvalue weighted by molar-refractivity contribution is -0.116. The van der Waals surface area contributed by atoms with Gasteiger partial charge in [0.2, 0.25) is 0 Å². The molecule has 0 aromatic carbocycles. The van der Waals surface area contributed by atoms with Crippen LogP contribution in [0.1, 0.15) is 78.6 Å². The van der Waals surface area contributed by atoms with Crippen molar-refractivity contribution < 1.29 is 0 Å². The van der Waals surface area contributed by atoms with E-state index in [-0.39, 0.29) is 0 Å². The van der Waals surface area contributed by atoms with Gasteiger partial charge in [-0.05, 0) is 119 Å². The SMILES string of the molecule is C[C@H]([C@H]1CC[C@H]2[C@@H]3CC[C@H]4C[C@@H](N)CC[C@]4(C)[C@@H]3CC[C@]12C)N(C)C. The van der Waals surface area contributed by atoms with Gasteiger partial charge in [0.05, 0.1) is 0 Å². The summed E-state index contributed by atoms with van der Waals surface area (Å²) in [6.07, 6.45) is 12.9. The highest BCUT2D eigenvalue weighted by Crippen LogP contribution is 2.67. The van der Waals surface area contributed by atoms with E-state index >= 15 is 0 Å². The summed E-state index contributed by atoms with van der Waals surface area (Å²) in [4.78, 5) is 2.48. The first kappa shape index (κ1) is 18.3. The van der Waals surface area contributed by atoms with Crippen molar-refractivity contribution in [2.75, 3.05) is 14.1 Å². The molecule has 0 bridgehead atoms. The summed E-state index contributed by atoms with van der Waals surface area (Å²) in [6.45, 7) is 7.82. The van der Waals surface area contributed by atoms with Gasteiger partial charge in [0.15, 0.2) is 0 Å². The predicted molar refractivity (Wildman–Crippen MR) is 106 cm³/mol. The highest BCUT2D eigenvalue weighted by atomic mass is 15.1. The second-order valence-corrected chi connectivity index (χ2v) is 11.1. The fraction of sp³-hybridized carbons (Fsp3) is 1.00. The van der Waals surface area contributed by atoms with E-state index in [4.69, 9.17) is 5.73 Å². The molecule has 4 aliphatic rings.